The van der Waals surface area contributed by atoms with Crippen molar-refractivity contribution >= 4 is 11.3 Å². The van der Waals surface area contributed by atoms with E-state index in [2.05, 4.69) is 54.7 Å². The van der Waals surface area contributed by atoms with Gasteiger partial charge in [0.15, 0.2) is 0 Å². The topological polar surface area (TPSA) is 34.1 Å². The quantitative estimate of drug-likeness (QED) is 0.843. The van der Waals surface area contributed by atoms with E-state index in [-0.39, 0.29) is 0 Å². The molecular formula is C17H24N2OS. The summed E-state index contributed by atoms with van der Waals surface area (Å²) in [5.74, 6) is 0.775. The molecule has 0 aromatic carbocycles. The van der Waals surface area contributed by atoms with Gasteiger partial charge in [0.1, 0.15) is 0 Å². The Balaban J connectivity index is 2.05. The molecule has 21 heavy (non-hydrogen) atoms. The van der Waals surface area contributed by atoms with Crippen molar-refractivity contribution in [1.29, 1.82) is 0 Å². The lowest BCUT2D eigenvalue weighted by atomic mass is 10.1. The summed E-state index contributed by atoms with van der Waals surface area (Å²) < 4.78 is 5.96. The van der Waals surface area contributed by atoms with Crippen LogP contribution in [0, 0.1) is 13.8 Å². The normalized spacial score (nSPS) is 11.1. The molecule has 2 aromatic heterocycles. The lowest BCUT2D eigenvalue weighted by Gasteiger charge is -2.16. The number of aromatic nitrogens is 1. The fourth-order valence-electron chi connectivity index (χ4n) is 2.17. The van der Waals surface area contributed by atoms with Gasteiger partial charge >= 0.3 is 0 Å². The van der Waals surface area contributed by atoms with Gasteiger partial charge in [-0.05, 0) is 36.9 Å². The highest BCUT2D eigenvalue weighted by Gasteiger charge is 2.11. The van der Waals surface area contributed by atoms with E-state index in [4.69, 9.17) is 4.74 Å². The molecule has 0 aliphatic carbocycles. The molecule has 0 saturated heterocycles. The first kappa shape index (κ1) is 16.0. The molecule has 0 bridgehead atoms. The molecule has 0 aliphatic heterocycles. The van der Waals surface area contributed by atoms with Gasteiger partial charge in [-0.1, -0.05) is 19.9 Å². The second-order valence-electron chi connectivity index (χ2n) is 5.58. The van der Waals surface area contributed by atoms with Gasteiger partial charge < -0.3 is 10.1 Å². The van der Waals surface area contributed by atoms with Crippen LogP contribution in [-0.2, 0) is 13.0 Å². The maximum Gasteiger partial charge on any atom is 0.218 e. The van der Waals surface area contributed by atoms with Crippen LogP contribution < -0.4 is 10.1 Å². The van der Waals surface area contributed by atoms with Crippen LogP contribution in [0.1, 0.15) is 35.5 Å². The highest BCUT2D eigenvalue weighted by atomic mass is 32.1. The van der Waals surface area contributed by atoms with Crippen molar-refractivity contribution in [2.45, 2.75) is 46.7 Å². The first-order valence-electron chi connectivity index (χ1n) is 7.42. The van der Waals surface area contributed by atoms with Gasteiger partial charge in [0.25, 0.3) is 0 Å². The highest BCUT2D eigenvalue weighted by Crippen LogP contribution is 2.21. The Kier molecular flexibility index (Phi) is 5.76. The van der Waals surface area contributed by atoms with Crippen molar-refractivity contribution in [3.05, 3.63) is 45.3 Å². The number of hydrogen-bond acceptors (Lipinski definition) is 4. The first-order chi connectivity index (χ1) is 10.1. The smallest absolute Gasteiger partial charge is 0.218 e. The van der Waals surface area contributed by atoms with Crippen LogP contribution >= 0.6 is 11.3 Å². The SMILES string of the molecule is Cc1cc(C)c(CNC(C)C)c(OCCc2cccs2)n1. The van der Waals surface area contributed by atoms with Gasteiger partial charge in [0.05, 0.1) is 6.61 Å². The van der Waals surface area contributed by atoms with Crippen molar-refractivity contribution in [1.82, 2.24) is 10.3 Å². The molecule has 0 unspecified atom stereocenters. The van der Waals surface area contributed by atoms with Crippen LogP contribution in [0.25, 0.3) is 0 Å². The fraction of sp³-hybridized carbons (Fsp3) is 0.471. The highest BCUT2D eigenvalue weighted by molar-refractivity contribution is 7.09. The Labute approximate surface area is 131 Å². The van der Waals surface area contributed by atoms with Gasteiger partial charge in [-0.15, -0.1) is 11.3 Å². The summed E-state index contributed by atoms with van der Waals surface area (Å²) in [6.45, 7) is 9.90. The summed E-state index contributed by atoms with van der Waals surface area (Å²) in [6, 6.07) is 6.78. The third-order valence-electron chi connectivity index (χ3n) is 3.29. The largest absolute Gasteiger partial charge is 0.477 e. The van der Waals surface area contributed by atoms with Crippen LogP contribution in [0.4, 0.5) is 0 Å². The van der Waals surface area contributed by atoms with E-state index < -0.39 is 0 Å². The van der Waals surface area contributed by atoms with E-state index in [0.717, 1.165) is 24.5 Å². The summed E-state index contributed by atoms with van der Waals surface area (Å²) in [7, 11) is 0. The molecule has 0 saturated carbocycles. The zero-order valence-corrected chi connectivity index (χ0v) is 14.1. The molecule has 3 nitrogen and oxygen atoms in total. The Morgan fingerprint density at radius 3 is 2.81 bits per heavy atom. The molecule has 0 amide bonds. The second-order valence-corrected chi connectivity index (χ2v) is 6.61. The molecule has 1 N–H and O–H groups in total. The van der Waals surface area contributed by atoms with Gasteiger partial charge in [-0.25, -0.2) is 4.98 Å². The molecule has 0 atom stereocenters. The maximum absolute atomic E-state index is 5.96. The van der Waals surface area contributed by atoms with Crippen molar-refractivity contribution in [2.24, 2.45) is 0 Å². The van der Waals surface area contributed by atoms with E-state index in [1.54, 1.807) is 11.3 Å². The molecule has 0 spiro atoms. The van der Waals surface area contributed by atoms with Gasteiger partial charge in [0.2, 0.25) is 5.88 Å². The third kappa shape index (κ3) is 4.83. The molecular weight excluding hydrogens is 280 g/mol. The average molecular weight is 304 g/mol. The predicted octanol–water partition coefficient (Wildman–Crippen LogP) is 3.88. The summed E-state index contributed by atoms with van der Waals surface area (Å²) in [5.41, 5.74) is 3.41. The maximum atomic E-state index is 5.96. The van der Waals surface area contributed by atoms with Crippen LogP contribution in [0.3, 0.4) is 0 Å². The Hall–Kier alpha value is -1.39. The van der Waals surface area contributed by atoms with E-state index in [1.807, 2.05) is 6.92 Å². The van der Waals surface area contributed by atoms with E-state index in [1.165, 1.54) is 16.0 Å². The van der Waals surface area contributed by atoms with Crippen LogP contribution in [-0.4, -0.2) is 17.6 Å². The van der Waals surface area contributed by atoms with Crippen LogP contribution in [0.5, 0.6) is 5.88 Å². The molecule has 0 radical (unpaired) electrons. The summed E-state index contributed by atoms with van der Waals surface area (Å²) >= 11 is 1.77. The molecule has 2 rings (SSSR count). The monoisotopic (exact) mass is 304 g/mol. The van der Waals surface area contributed by atoms with E-state index >= 15 is 0 Å². The van der Waals surface area contributed by atoms with Crippen LogP contribution in [0.2, 0.25) is 0 Å². The minimum Gasteiger partial charge on any atom is -0.477 e. The third-order valence-corrected chi connectivity index (χ3v) is 4.23. The number of hydrogen-bond donors (Lipinski definition) is 1. The Bertz CT molecular complexity index is 564. The first-order valence-corrected chi connectivity index (χ1v) is 8.30. The number of thiophene rings is 1. The molecule has 2 aromatic rings. The number of ether oxygens (including phenoxy) is 1. The molecule has 2 heterocycles. The number of pyridine rings is 1. The summed E-state index contributed by atoms with van der Waals surface area (Å²) in [4.78, 5) is 5.92. The molecule has 0 fully saturated rings. The zero-order chi connectivity index (χ0) is 15.2. The molecule has 0 aliphatic rings. The molecule has 114 valence electrons. The Morgan fingerprint density at radius 2 is 2.14 bits per heavy atom. The van der Waals surface area contributed by atoms with Crippen molar-refractivity contribution in [3.8, 4) is 5.88 Å². The van der Waals surface area contributed by atoms with E-state index in [0.29, 0.717) is 12.6 Å². The number of nitrogens with zero attached hydrogens (tertiary/aromatic N) is 1. The number of nitrogens with one attached hydrogen (secondary N) is 1. The van der Waals surface area contributed by atoms with Gasteiger partial charge in [0, 0.05) is 35.1 Å². The zero-order valence-electron chi connectivity index (χ0n) is 13.3. The standard InChI is InChI=1S/C17H24N2OS/c1-12(2)18-11-16-13(3)10-14(4)19-17(16)20-8-7-15-6-5-9-21-15/h5-6,9-10,12,18H,7-8,11H2,1-4H3. The lowest BCUT2D eigenvalue weighted by molar-refractivity contribution is 0.304. The van der Waals surface area contributed by atoms with Crippen LogP contribution in [0.15, 0.2) is 23.6 Å². The predicted molar refractivity (Wildman–Crippen MR) is 89.2 cm³/mol. The average Bonchev–Trinajstić information content (AvgIpc) is 2.90. The molecule has 4 heteroatoms. The summed E-state index contributed by atoms with van der Waals surface area (Å²) in [6.07, 6.45) is 0.934. The number of aryl methyl sites for hydroxylation is 2. The Morgan fingerprint density at radius 1 is 1.33 bits per heavy atom. The van der Waals surface area contributed by atoms with Gasteiger partial charge in [-0.3, -0.25) is 0 Å². The minimum atomic E-state index is 0.449. The second kappa shape index (κ2) is 7.57. The van der Waals surface area contributed by atoms with Crippen molar-refractivity contribution in [2.75, 3.05) is 6.61 Å². The van der Waals surface area contributed by atoms with E-state index in [9.17, 15) is 0 Å². The minimum absolute atomic E-state index is 0.449. The fourth-order valence-corrected chi connectivity index (χ4v) is 2.86. The van der Waals surface area contributed by atoms with Crippen molar-refractivity contribution < 1.29 is 4.74 Å². The van der Waals surface area contributed by atoms with Crippen molar-refractivity contribution in [3.63, 3.8) is 0 Å². The summed E-state index contributed by atoms with van der Waals surface area (Å²) in [5, 5.41) is 5.55. The lowest BCUT2D eigenvalue weighted by Crippen LogP contribution is -2.23. The van der Waals surface area contributed by atoms with Gasteiger partial charge in [-0.2, -0.15) is 0 Å². The number of rotatable bonds is 7.